The first-order chi connectivity index (χ1) is 5.57. The maximum Gasteiger partial charge on any atom is 0.239 e. The normalized spacial score (nSPS) is 41.3. The van der Waals surface area contributed by atoms with Gasteiger partial charge in [0, 0.05) is 0 Å². The van der Waals surface area contributed by atoms with E-state index in [4.69, 9.17) is 10.6 Å². The van der Waals surface area contributed by atoms with Gasteiger partial charge in [-0.1, -0.05) is 6.92 Å². The number of ether oxygens (including phenoxy) is 1. The van der Waals surface area contributed by atoms with E-state index >= 15 is 0 Å². The standard InChI is InChI=1S/C8H16N2O2/c1-4-5(2)12-6(3)7(4)8(11)10-9/h4-7H,9H2,1-3H3,(H,10,11). The molecular formula is C8H16N2O2. The Balaban J connectivity index is 2.69. The minimum atomic E-state index is -0.126. The lowest BCUT2D eigenvalue weighted by Crippen LogP contribution is -2.40. The Hall–Kier alpha value is -0.610. The fourth-order valence-corrected chi connectivity index (χ4v) is 1.81. The molecule has 12 heavy (non-hydrogen) atoms. The van der Waals surface area contributed by atoms with E-state index < -0.39 is 0 Å². The molecule has 4 unspecified atom stereocenters. The molecule has 0 aromatic carbocycles. The van der Waals surface area contributed by atoms with Gasteiger partial charge in [0.2, 0.25) is 5.91 Å². The van der Waals surface area contributed by atoms with Crippen molar-refractivity contribution >= 4 is 5.91 Å². The maximum atomic E-state index is 11.3. The molecule has 1 heterocycles. The fraction of sp³-hybridized carbons (Fsp3) is 0.875. The lowest BCUT2D eigenvalue weighted by Gasteiger charge is -2.15. The zero-order valence-corrected chi connectivity index (χ0v) is 7.70. The molecule has 1 fully saturated rings. The molecule has 1 aliphatic heterocycles. The zero-order valence-electron chi connectivity index (χ0n) is 7.70. The number of rotatable bonds is 1. The minimum absolute atomic E-state index is 0.0291. The molecule has 0 aromatic heterocycles. The summed E-state index contributed by atoms with van der Waals surface area (Å²) in [6.07, 6.45) is 0.112. The summed E-state index contributed by atoms with van der Waals surface area (Å²) in [5, 5.41) is 0. The van der Waals surface area contributed by atoms with Gasteiger partial charge in [0.25, 0.3) is 0 Å². The van der Waals surface area contributed by atoms with Crippen molar-refractivity contribution in [3.05, 3.63) is 0 Å². The average molecular weight is 172 g/mol. The Kier molecular flexibility index (Phi) is 2.69. The second-order valence-electron chi connectivity index (χ2n) is 3.44. The highest BCUT2D eigenvalue weighted by Crippen LogP contribution is 2.31. The summed E-state index contributed by atoms with van der Waals surface area (Å²) in [5.41, 5.74) is 2.17. The molecule has 1 rings (SSSR count). The number of nitrogens with one attached hydrogen (secondary N) is 1. The third kappa shape index (κ3) is 1.44. The van der Waals surface area contributed by atoms with Gasteiger partial charge in [-0.15, -0.1) is 0 Å². The summed E-state index contributed by atoms with van der Waals surface area (Å²) in [7, 11) is 0. The van der Waals surface area contributed by atoms with Gasteiger partial charge in [-0.25, -0.2) is 5.84 Å². The van der Waals surface area contributed by atoms with E-state index in [0.717, 1.165) is 0 Å². The van der Waals surface area contributed by atoms with Crippen LogP contribution in [0.2, 0.25) is 0 Å². The first-order valence-electron chi connectivity index (χ1n) is 4.23. The van der Waals surface area contributed by atoms with Crippen LogP contribution in [0.5, 0.6) is 0 Å². The van der Waals surface area contributed by atoms with Crippen LogP contribution in [0.25, 0.3) is 0 Å². The molecule has 70 valence electrons. The monoisotopic (exact) mass is 172 g/mol. The number of nitrogens with two attached hydrogens (primary N) is 1. The number of hydrogen-bond acceptors (Lipinski definition) is 3. The molecule has 0 aliphatic carbocycles. The van der Waals surface area contributed by atoms with E-state index in [9.17, 15) is 4.79 Å². The molecule has 0 aromatic rings. The molecule has 0 radical (unpaired) electrons. The van der Waals surface area contributed by atoms with Crippen molar-refractivity contribution in [1.29, 1.82) is 0 Å². The molecular weight excluding hydrogens is 156 g/mol. The van der Waals surface area contributed by atoms with Crippen LogP contribution >= 0.6 is 0 Å². The summed E-state index contributed by atoms with van der Waals surface area (Å²) in [5.74, 6) is 5.07. The zero-order chi connectivity index (χ0) is 9.30. The van der Waals surface area contributed by atoms with Crippen LogP contribution in [0, 0.1) is 11.8 Å². The van der Waals surface area contributed by atoms with Crippen molar-refractivity contribution in [2.75, 3.05) is 0 Å². The second-order valence-corrected chi connectivity index (χ2v) is 3.44. The van der Waals surface area contributed by atoms with Gasteiger partial charge in [0.05, 0.1) is 18.1 Å². The number of carbonyl (C=O) groups excluding carboxylic acids is 1. The van der Waals surface area contributed by atoms with E-state index in [1.165, 1.54) is 0 Å². The molecule has 3 N–H and O–H groups in total. The number of hydrogen-bond donors (Lipinski definition) is 2. The van der Waals surface area contributed by atoms with Crippen LogP contribution in [0.3, 0.4) is 0 Å². The number of hydrazine groups is 1. The molecule has 1 aliphatic rings. The Morgan fingerprint density at radius 3 is 2.25 bits per heavy atom. The van der Waals surface area contributed by atoms with E-state index in [0.29, 0.717) is 0 Å². The molecule has 0 bridgehead atoms. The summed E-state index contributed by atoms with van der Waals surface area (Å²) < 4.78 is 5.49. The fourth-order valence-electron chi connectivity index (χ4n) is 1.81. The van der Waals surface area contributed by atoms with Gasteiger partial charge in [0.15, 0.2) is 0 Å². The van der Waals surface area contributed by atoms with Crippen LogP contribution in [-0.2, 0) is 9.53 Å². The number of amides is 1. The van der Waals surface area contributed by atoms with Crippen molar-refractivity contribution in [3.8, 4) is 0 Å². The third-order valence-electron chi connectivity index (χ3n) is 2.69. The van der Waals surface area contributed by atoms with Gasteiger partial charge in [-0.05, 0) is 19.8 Å². The molecule has 4 atom stereocenters. The van der Waals surface area contributed by atoms with Crippen LogP contribution < -0.4 is 11.3 Å². The average Bonchev–Trinajstić information content (AvgIpc) is 2.26. The van der Waals surface area contributed by atoms with Gasteiger partial charge >= 0.3 is 0 Å². The van der Waals surface area contributed by atoms with E-state index in [2.05, 4.69) is 5.43 Å². The Morgan fingerprint density at radius 2 is 1.92 bits per heavy atom. The minimum Gasteiger partial charge on any atom is -0.374 e. The Bertz CT molecular complexity index is 184. The predicted octanol–water partition coefficient (Wildman–Crippen LogP) is 0.0358. The highest BCUT2D eigenvalue weighted by molar-refractivity contribution is 5.79. The third-order valence-corrected chi connectivity index (χ3v) is 2.69. The van der Waals surface area contributed by atoms with Crippen LogP contribution in [0.1, 0.15) is 20.8 Å². The summed E-state index contributed by atoms with van der Waals surface area (Å²) >= 11 is 0. The maximum absolute atomic E-state index is 11.3. The van der Waals surface area contributed by atoms with Crippen LogP contribution in [0.15, 0.2) is 0 Å². The lowest BCUT2D eigenvalue weighted by molar-refractivity contribution is -0.127. The van der Waals surface area contributed by atoms with E-state index in [-0.39, 0.29) is 30.0 Å². The Labute approximate surface area is 72.4 Å². The topological polar surface area (TPSA) is 64.3 Å². The van der Waals surface area contributed by atoms with Gasteiger partial charge in [0.1, 0.15) is 0 Å². The second kappa shape index (κ2) is 3.41. The smallest absolute Gasteiger partial charge is 0.239 e. The van der Waals surface area contributed by atoms with Crippen molar-refractivity contribution in [2.24, 2.45) is 17.7 Å². The lowest BCUT2D eigenvalue weighted by atomic mass is 9.89. The van der Waals surface area contributed by atoms with Gasteiger partial charge in [-0.3, -0.25) is 10.2 Å². The molecule has 4 nitrogen and oxygen atoms in total. The van der Waals surface area contributed by atoms with Crippen molar-refractivity contribution in [2.45, 2.75) is 33.0 Å². The SMILES string of the molecule is CC1OC(C)C(C(=O)NN)C1C. The molecule has 0 saturated carbocycles. The van der Waals surface area contributed by atoms with Crippen molar-refractivity contribution < 1.29 is 9.53 Å². The van der Waals surface area contributed by atoms with Crippen LogP contribution in [0.4, 0.5) is 0 Å². The highest BCUT2D eigenvalue weighted by Gasteiger charge is 2.41. The van der Waals surface area contributed by atoms with Crippen molar-refractivity contribution in [3.63, 3.8) is 0 Å². The summed E-state index contributed by atoms with van der Waals surface area (Å²) in [4.78, 5) is 11.3. The Morgan fingerprint density at radius 1 is 1.33 bits per heavy atom. The molecule has 0 spiro atoms. The predicted molar refractivity (Wildman–Crippen MR) is 45.0 cm³/mol. The van der Waals surface area contributed by atoms with Crippen molar-refractivity contribution in [1.82, 2.24) is 5.43 Å². The first-order valence-corrected chi connectivity index (χ1v) is 4.23. The first kappa shape index (κ1) is 9.48. The quantitative estimate of drug-likeness (QED) is 0.333. The van der Waals surface area contributed by atoms with E-state index in [1.807, 2.05) is 20.8 Å². The summed E-state index contributed by atoms with van der Waals surface area (Å²) in [6, 6.07) is 0. The highest BCUT2D eigenvalue weighted by atomic mass is 16.5. The molecule has 1 saturated heterocycles. The number of carbonyl (C=O) groups is 1. The van der Waals surface area contributed by atoms with Gasteiger partial charge < -0.3 is 4.74 Å². The largest absolute Gasteiger partial charge is 0.374 e. The molecule has 4 heteroatoms. The van der Waals surface area contributed by atoms with Gasteiger partial charge in [-0.2, -0.15) is 0 Å². The van der Waals surface area contributed by atoms with E-state index in [1.54, 1.807) is 0 Å². The summed E-state index contributed by atoms with van der Waals surface area (Å²) in [6.45, 7) is 5.89. The van der Waals surface area contributed by atoms with Crippen LogP contribution in [-0.4, -0.2) is 18.1 Å². The molecule has 1 amide bonds.